The molecule has 2 rings (SSSR count). The molecule has 0 aliphatic carbocycles. The average Bonchev–Trinajstić information content (AvgIpc) is 2.67. The lowest BCUT2D eigenvalue weighted by Gasteiger charge is -2.11. The predicted octanol–water partition coefficient (Wildman–Crippen LogP) is 2.15. The minimum absolute atomic E-state index is 0.0340. The van der Waals surface area contributed by atoms with Crippen LogP contribution in [-0.2, 0) is 6.61 Å². The zero-order valence-electron chi connectivity index (χ0n) is 10.6. The number of carbonyl (C=O) groups is 1. The molecule has 0 fully saturated rings. The van der Waals surface area contributed by atoms with Crippen LogP contribution in [0.4, 0.5) is 5.69 Å². The van der Waals surface area contributed by atoms with Crippen molar-refractivity contribution >= 4 is 11.7 Å². The van der Waals surface area contributed by atoms with Gasteiger partial charge in [-0.3, -0.25) is 0 Å². The van der Waals surface area contributed by atoms with Gasteiger partial charge in [0.05, 0.1) is 16.9 Å². The number of nitrogen functional groups attached to an aromatic ring is 1. The number of para-hydroxylation sites is 1. The first-order valence-electron chi connectivity index (χ1n) is 5.67. The van der Waals surface area contributed by atoms with Gasteiger partial charge in [-0.2, -0.15) is 0 Å². The van der Waals surface area contributed by atoms with Gasteiger partial charge in [-0.25, -0.2) is 4.79 Å². The van der Waals surface area contributed by atoms with E-state index in [0.717, 1.165) is 5.56 Å². The lowest BCUT2D eigenvalue weighted by molar-refractivity contribution is 0.0692. The van der Waals surface area contributed by atoms with Gasteiger partial charge in [-0.05, 0) is 26.0 Å². The first kappa shape index (κ1) is 12.9. The fourth-order valence-corrected chi connectivity index (χ4v) is 1.74. The predicted molar refractivity (Wildman–Crippen MR) is 68.1 cm³/mol. The molecule has 0 saturated heterocycles. The minimum Gasteiger partial charge on any atom is -0.486 e. The number of benzene rings is 1. The van der Waals surface area contributed by atoms with Crippen LogP contribution in [0.25, 0.3) is 0 Å². The third kappa shape index (κ3) is 2.52. The first-order chi connectivity index (χ1) is 9.00. The lowest BCUT2D eigenvalue weighted by atomic mass is 10.1. The van der Waals surface area contributed by atoms with Crippen LogP contribution in [0.3, 0.4) is 0 Å². The number of hydrogen-bond acceptors (Lipinski definition) is 5. The molecule has 0 bridgehead atoms. The van der Waals surface area contributed by atoms with Crippen LogP contribution >= 0.6 is 0 Å². The van der Waals surface area contributed by atoms with E-state index in [0.29, 0.717) is 11.5 Å². The molecule has 1 aromatic heterocycles. The molecule has 1 aromatic carbocycles. The van der Waals surface area contributed by atoms with E-state index < -0.39 is 5.97 Å². The minimum atomic E-state index is -1.08. The third-order valence-electron chi connectivity index (χ3n) is 2.82. The van der Waals surface area contributed by atoms with Gasteiger partial charge in [0.25, 0.3) is 0 Å². The zero-order chi connectivity index (χ0) is 14.0. The number of carboxylic acids is 1. The van der Waals surface area contributed by atoms with E-state index >= 15 is 0 Å². The number of aromatic nitrogens is 1. The zero-order valence-corrected chi connectivity index (χ0v) is 10.6. The van der Waals surface area contributed by atoms with E-state index in [1.165, 1.54) is 6.07 Å². The van der Waals surface area contributed by atoms with Crippen molar-refractivity contribution in [3.05, 3.63) is 40.8 Å². The monoisotopic (exact) mass is 262 g/mol. The lowest BCUT2D eigenvalue weighted by Crippen LogP contribution is -2.06. The molecule has 2 aromatic rings. The molecule has 0 atom stereocenters. The number of ether oxygens (including phenoxy) is 1. The Morgan fingerprint density at radius 2 is 2.21 bits per heavy atom. The number of hydrogen-bond donors (Lipinski definition) is 2. The van der Waals surface area contributed by atoms with Crippen molar-refractivity contribution in [1.82, 2.24) is 5.16 Å². The van der Waals surface area contributed by atoms with Gasteiger partial charge in [-0.15, -0.1) is 0 Å². The maximum Gasteiger partial charge on any atom is 0.339 e. The van der Waals surface area contributed by atoms with Crippen LogP contribution in [-0.4, -0.2) is 16.2 Å². The summed E-state index contributed by atoms with van der Waals surface area (Å²) in [4.78, 5) is 11.1. The first-order valence-corrected chi connectivity index (χ1v) is 5.67. The Morgan fingerprint density at radius 3 is 2.79 bits per heavy atom. The number of rotatable bonds is 4. The number of aryl methyl sites for hydroxylation is 2. The van der Waals surface area contributed by atoms with Crippen molar-refractivity contribution in [3.8, 4) is 5.75 Å². The second-order valence-corrected chi connectivity index (χ2v) is 4.12. The molecule has 6 nitrogen and oxygen atoms in total. The summed E-state index contributed by atoms with van der Waals surface area (Å²) in [7, 11) is 0. The van der Waals surface area contributed by atoms with Crippen molar-refractivity contribution in [2.45, 2.75) is 20.5 Å². The van der Waals surface area contributed by atoms with Crippen molar-refractivity contribution in [3.63, 3.8) is 0 Å². The van der Waals surface area contributed by atoms with Crippen LogP contribution in [0, 0.1) is 13.8 Å². The van der Waals surface area contributed by atoms with Crippen molar-refractivity contribution in [2.24, 2.45) is 0 Å². The molecular formula is C13H14N2O4. The van der Waals surface area contributed by atoms with Crippen LogP contribution < -0.4 is 10.5 Å². The third-order valence-corrected chi connectivity index (χ3v) is 2.82. The van der Waals surface area contributed by atoms with Gasteiger partial charge >= 0.3 is 5.97 Å². The van der Waals surface area contributed by atoms with Gasteiger partial charge < -0.3 is 20.1 Å². The molecule has 0 spiro atoms. The fraction of sp³-hybridized carbons (Fsp3) is 0.231. The summed E-state index contributed by atoms with van der Waals surface area (Å²) >= 11 is 0. The molecule has 3 N–H and O–H groups in total. The van der Waals surface area contributed by atoms with E-state index in [4.69, 9.17) is 20.1 Å². The van der Waals surface area contributed by atoms with Crippen molar-refractivity contribution in [1.29, 1.82) is 0 Å². The SMILES string of the molecule is Cc1noc(C)c1COc1c(N)cccc1C(=O)O. The number of nitrogens with zero attached hydrogens (tertiary/aromatic N) is 1. The number of anilines is 1. The van der Waals surface area contributed by atoms with E-state index in [-0.39, 0.29) is 23.6 Å². The van der Waals surface area contributed by atoms with Crippen LogP contribution in [0.2, 0.25) is 0 Å². The Labute approximate surface area is 109 Å². The summed E-state index contributed by atoms with van der Waals surface area (Å²) in [5.41, 5.74) is 7.57. The van der Waals surface area contributed by atoms with E-state index in [1.54, 1.807) is 26.0 Å². The quantitative estimate of drug-likeness (QED) is 0.819. The molecule has 19 heavy (non-hydrogen) atoms. The molecule has 0 saturated carbocycles. The number of carboxylic acid groups (broad SMARTS) is 1. The summed E-state index contributed by atoms with van der Waals surface area (Å²) in [5.74, 6) is -0.278. The molecule has 100 valence electrons. The second kappa shape index (κ2) is 5.01. The maximum atomic E-state index is 11.1. The maximum absolute atomic E-state index is 11.1. The Kier molecular flexibility index (Phi) is 3.41. The van der Waals surface area contributed by atoms with E-state index in [9.17, 15) is 4.79 Å². The van der Waals surface area contributed by atoms with E-state index in [2.05, 4.69) is 5.16 Å². The normalized spacial score (nSPS) is 10.4. The Balaban J connectivity index is 2.27. The molecular weight excluding hydrogens is 248 g/mol. The van der Waals surface area contributed by atoms with Crippen molar-refractivity contribution < 1.29 is 19.2 Å². The fourth-order valence-electron chi connectivity index (χ4n) is 1.74. The standard InChI is InChI=1S/C13H14N2O4/c1-7-10(8(2)19-15-7)6-18-12-9(13(16)17)4-3-5-11(12)14/h3-5H,6,14H2,1-2H3,(H,16,17). The molecule has 6 heteroatoms. The van der Waals surface area contributed by atoms with Crippen molar-refractivity contribution in [2.75, 3.05) is 5.73 Å². The molecule has 1 heterocycles. The highest BCUT2D eigenvalue weighted by molar-refractivity contribution is 5.93. The summed E-state index contributed by atoms with van der Waals surface area (Å²) in [6, 6.07) is 4.61. The summed E-state index contributed by atoms with van der Waals surface area (Å²) < 4.78 is 10.5. The van der Waals surface area contributed by atoms with Gasteiger partial charge in [0.2, 0.25) is 0 Å². The highest BCUT2D eigenvalue weighted by atomic mass is 16.5. The smallest absolute Gasteiger partial charge is 0.339 e. The Bertz CT molecular complexity index is 600. The Hall–Kier alpha value is -2.50. The van der Waals surface area contributed by atoms with E-state index in [1.807, 2.05) is 0 Å². The van der Waals surface area contributed by atoms with Crippen LogP contribution in [0.15, 0.2) is 22.7 Å². The van der Waals surface area contributed by atoms with Gasteiger partial charge in [0.1, 0.15) is 17.9 Å². The highest BCUT2D eigenvalue weighted by Gasteiger charge is 2.16. The Morgan fingerprint density at radius 1 is 1.47 bits per heavy atom. The van der Waals surface area contributed by atoms with Gasteiger partial charge in [-0.1, -0.05) is 11.2 Å². The molecule has 0 amide bonds. The number of aromatic carboxylic acids is 1. The summed E-state index contributed by atoms with van der Waals surface area (Å²) in [5, 5.41) is 12.9. The molecule has 0 aliphatic heterocycles. The summed E-state index contributed by atoms with van der Waals surface area (Å²) in [6.45, 7) is 3.72. The number of nitrogens with two attached hydrogens (primary N) is 1. The summed E-state index contributed by atoms with van der Waals surface area (Å²) in [6.07, 6.45) is 0. The van der Waals surface area contributed by atoms with Gasteiger partial charge in [0.15, 0.2) is 5.75 Å². The molecule has 0 unspecified atom stereocenters. The largest absolute Gasteiger partial charge is 0.486 e. The van der Waals surface area contributed by atoms with Crippen LogP contribution in [0.1, 0.15) is 27.4 Å². The topological polar surface area (TPSA) is 98.6 Å². The van der Waals surface area contributed by atoms with Crippen LogP contribution in [0.5, 0.6) is 5.75 Å². The molecule has 0 aliphatic rings. The van der Waals surface area contributed by atoms with Gasteiger partial charge in [0, 0.05) is 0 Å². The highest BCUT2D eigenvalue weighted by Crippen LogP contribution is 2.28. The second-order valence-electron chi connectivity index (χ2n) is 4.12. The molecule has 0 radical (unpaired) electrons. The average molecular weight is 262 g/mol.